The van der Waals surface area contributed by atoms with Gasteiger partial charge in [0.25, 0.3) is 0 Å². The highest BCUT2D eigenvalue weighted by molar-refractivity contribution is 5.90. The fraction of sp³-hybridized carbons (Fsp3) is 0. The zero-order valence-electron chi connectivity index (χ0n) is 12.1. The summed E-state index contributed by atoms with van der Waals surface area (Å²) in [5.74, 6) is 0. The molecule has 23 heavy (non-hydrogen) atoms. The van der Waals surface area contributed by atoms with E-state index < -0.39 is 0 Å². The second kappa shape index (κ2) is 6.38. The van der Waals surface area contributed by atoms with Crippen LogP contribution in [0.3, 0.4) is 0 Å². The average Bonchev–Trinajstić information content (AvgIpc) is 3.09. The molecule has 0 aliphatic carbocycles. The van der Waals surface area contributed by atoms with Crippen LogP contribution in [0.2, 0.25) is 0 Å². The van der Waals surface area contributed by atoms with Gasteiger partial charge in [-0.1, -0.05) is 59.8 Å². The van der Waals surface area contributed by atoms with Gasteiger partial charge in [-0.3, -0.25) is 5.10 Å². The molecule has 0 unspecified atom stereocenters. The maximum atomic E-state index is 9.39. The van der Waals surface area contributed by atoms with Crippen LogP contribution in [0.1, 0.15) is 16.8 Å². The Kier molecular flexibility index (Phi) is 3.95. The molecule has 1 aromatic heterocycles. The molecule has 3 aromatic rings. The van der Waals surface area contributed by atoms with Crippen molar-refractivity contribution in [2.75, 3.05) is 0 Å². The van der Waals surface area contributed by atoms with E-state index in [9.17, 15) is 5.26 Å². The number of H-pyrrole nitrogens is 1. The molecule has 5 heteroatoms. The van der Waals surface area contributed by atoms with E-state index in [1.54, 1.807) is 0 Å². The van der Waals surface area contributed by atoms with Gasteiger partial charge in [-0.2, -0.15) is 10.5 Å². The van der Waals surface area contributed by atoms with Crippen molar-refractivity contribution in [1.82, 2.24) is 15.4 Å². The summed E-state index contributed by atoms with van der Waals surface area (Å²) in [5, 5.41) is 28.4. The van der Waals surface area contributed by atoms with E-state index >= 15 is 0 Å². The number of hydrogen-bond donors (Lipinski definition) is 1. The van der Waals surface area contributed by atoms with E-state index in [0.717, 1.165) is 16.7 Å². The molecular formula is C18H11N5. The molecule has 1 N–H and O–H groups in total. The van der Waals surface area contributed by atoms with Crippen LogP contribution < -0.4 is 0 Å². The highest BCUT2D eigenvalue weighted by Crippen LogP contribution is 2.23. The molecule has 0 bridgehead atoms. The molecule has 0 aliphatic heterocycles. The molecule has 0 aliphatic rings. The maximum Gasteiger partial charge on any atom is 0.190 e. The van der Waals surface area contributed by atoms with E-state index in [4.69, 9.17) is 5.26 Å². The molecular weight excluding hydrogens is 286 g/mol. The third-order valence-corrected chi connectivity index (χ3v) is 3.37. The van der Waals surface area contributed by atoms with Crippen LogP contribution in [-0.4, -0.2) is 15.4 Å². The Hall–Kier alpha value is -3.70. The average molecular weight is 297 g/mol. The minimum atomic E-state index is 0.248. The maximum absolute atomic E-state index is 9.39. The fourth-order valence-electron chi connectivity index (χ4n) is 2.22. The topological polar surface area (TPSA) is 89.2 Å². The summed E-state index contributed by atoms with van der Waals surface area (Å²) in [5.41, 5.74) is 3.98. The first-order chi connectivity index (χ1) is 11.3. The van der Waals surface area contributed by atoms with Crippen molar-refractivity contribution < 1.29 is 0 Å². The van der Waals surface area contributed by atoms with Gasteiger partial charge in [-0.05, 0) is 17.2 Å². The van der Waals surface area contributed by atoms with Gasteiger partial charge in [-0.15, -0.1) is 5.10 Å². The summed E-state index contributed by atoms with van der Waals surface area (Å²) in [6.45, 7) is 0. The van der Waals surface area contributed by atoms with E-state index in [1.807, 2.05) is 66.7 Å². The summed E-state index contributed by atoms with van der Waals surface area (Å²) in [6.07, 6.45) is 1.84. The Bertz CT molecular complexity index is 922. The zero-order valence-corrected chi connectivity index (χ0v) is 12.1. The number of rotatable bonds is 3. The highest BCUT2D eigenvalue weighted by Gasteiger charge is 2.09. The normalized spacial score (nSPS) is 10.8. The molecule has 0 fully saturated rings. The monoisotopic (exact) mass is 297 g/mol. The van der Waals surface area contributed by atoms with E-state index in [1.165, 1.54) is 0 Å². The van der Waals surface area contributed by atoms with Gasteiger partial charge >= 0.3 is 0 Å². The van der Waals surface area contributed by atoms with E-state index in [-0.39, 0.29) is 5.69 Å². The second-order valence-electron chi connectivity index (χ2n) is 4.81. The fourth-order valence-corrected chi connectivity index (χ4v) is 2.22. The number of aromatic nitrogens is 3. The number of benzene rings is 2. The first kappa shape index (κ1) is 14.2. The Morgan fingerprint density at radius 3 is 2.39 bits per heavy atom. The largest absolute Gasteiger partial charge is 0.256 e. The summed E-state index contributed by atoms with van der Waals surface area (Å²) >= 11 is 0. The molecule has 0 amide bonds. The van der Waals surface area contributed by atoms with Gasteiger partial charge in [0.1, 0.15) is 11.8 Å². The highest BCUT2D eigenvalue weighted by atomic mass is 15.3. The molecule has 0 atom stereocenters. The molecule has 5 nitrogen and oxygen atoms in total. The molecule has 2 aromatic carbocycles. The summed E-state index contributed by atoms with van der Waals surface area (Å²) in [6, 6.07) is 21.2. The third kappa shape index (κ3) is 2.99. The van der Waals surface area contributed by atoms with Gasteiger partial charge in [0.15, 0.2) is 5.69 Å². The van der Waals surface area contributed by atoms with Crippen LogP contribution in [0.5, 0.6) is 0 Å². The Morgan fingerprint density at radius 2 is 1.74 bits per heavy atom. The minimum absolute atomic E-state index is 0.248. The van der Waals surface area contributed by atoms with Crippen LogP contribution in [0.25, 0.3) is 22.9 Å². The van der Waals surface area contributed by atoms with Crippen molar-refractivity contribution in [2.45, 2.75) is 0 Å². The first-order valence-corrected chi connectivity index (χ1v) is 6.90. The molecule has 1 heterocycles. The lowest BCUT2D eigenvalue weighted by atomic mass is 10.0. The number of aromatic amines is 1. The Morgan fingerprint density at radius 1 is 1.00 bits per heavy atom. The van der Waals surface area contributed by atoms with Gasteiger partial charge in [0.2, 0.25) is 0 Å². The quantitative estimate of drug-likeness (QED) is 0.592. The summed E-state index contributed by atoms with van der Waals surface area (Å²) in [4.78, 5) is 0. The van der Waals surface area contributed by atoms with Crippen molar-refractivity contribution >= 4 is 11.6 Å². The van der Waals surface area contributed by atoms with Crippen molar-refractivity contribution in [1.29, 1.82) is 10.5 Å². The summed E-state index contributed by atoms with van der Waals surface area (Å²) < 4.78 is 0. The molecule has 3 rings (SSSR count). The number of allylic oxidation sites excluding steroid dienone is 1. The standard InChI is InChI=1S/C18H11N5/c19-11-16(10-13-4-2-1-3-5-13)14-6-8-15(9-7-14)18-17(12-20)21-23-22-18/h1-10H,(H,21,22,23). The van der Waals surface area contributed by atoms with Gasteiger partial charge in [0, 0.05) is 5.56 Å². The number of nitrogens with zero attached hydrogens (tertiary/aromatic N) is 4. The molecule has 0 saturated heterocycles. The molecule has 0 radical (unpaired) electrons. The predicted octanol–water partition coefficient (Wildman–Crippen LogP) is 3.41. The van der Waals surface area contributed by atoms with Crippen molar-refractivity contribution in [3.63, 3.8) is 0 Å². The minimum Gasteiger partial charge on any atom is -0.256 e. The van der Waals surface area contributed by atoms with Gasteiger partial charge < -0.3 is 0 Å². The van der Waals surface area contributed by atoms with Crippen LogP contribution in [-0.2, 0) is 0 Å². The summed E-state index contributed by atoms with van der Waals surface area (Å²) in [7, 11) is 0. The molecule has 0 saturated carbocycles. The van der Waals surface area contributed by atoms with Crippen molar-refractivity contribution in [2.24, 2.45) is 0 Å². The lowest BCUT2D eigenvalue weighted by Crippen LogP contribution is -1.86. The van der Waals surface area contributed by atoms with Gasteiger partial charge in [0.05, 0.1) is 11.6 Å². The Labute approximate surface area is 133 Å². The number of hydrogen-bond acceptors (Lipinski definition) is 4. The van der Waals surface area contributed by atoms with Crippen LogP contribution in [0, 0.1) is 22.7 Å². The first-order valence-electron chi connectivity index (χ1n) is 6.90. The molecule has 108 valence electrons. The predicted molar refractivity (Wildman–Crippen MR) is 86.5 cm³/mol. The SMILES string of the molecule is N#CC(=Cc1ccccc1)c1ccc(-c2[nH]nnc2C#N)cc1. The smallest absolute Gasteiger partial charge is 0.190 e. The van der Waals surface area contributed by atoms with Crippen LogP contribution in [0.4, 0.5) is 0 Å². The lowest BCUT2D eigenvalue weighted by Gasteiger charge is -2.02. The third-order valence-electron chi connectivity index (χ3n) is 3.37. The van der Waals surface area contributed by atoms with Crippen LogP contribution in [0.15, 0.2) is 54.6 Å². The Balaban J connectivity index is 1.94. The lowest BCUT2D eigenvalue weighted by molar-refractivity contribution is 0.937. The van der Waals surface area contributed by atoms with E-state index in [0.29, 0.717) is 11.3 Å². The second-order valence-corrected chi connectivity index (χ2v) is 4.81. The number of nitrogens with one attached hydrogen (secondary N) is 1. The van der Waals surface area contributed by atoms with Crippen LogP contribution >= 0.6 is 0 Å². The molecule has 0 spiro atoms. The van der Waals surface area contributed by atoms with Crippen molar-refractivity contribution in [3.8, 4) is 23.4 Å². The van der Waals surface area contributed by atoms with Gasteiger partial charge in [-0.25, -0.2) is 0 Å². The zero-order chi connectivity index (χ0) is 16.1. The van der Waals surface area contributed by atoms with E-state index in [2.05, 4.69) is 21.5 Å². The number of nitriles is 2. The van der Waals surface area contributed by atoms with Crippen molar-refractivity contribution in [3.05, 3.63) is 71.4 Å².